The monoisotopic (exact) mass is 382 g/mol. The van der Waals surface area contributed by atoms with E-state index in [1.165, 1.54) is 16.8 Å². The molecular weight excluding hydrogens is 344 g/mol. The number of hydrogen-bond acceptors (Lipinski definition) is 1. The lowest BCUT2D eigenvalue weighted by molar-refractivity contribution is -0.134. The summed E-state index contributed by atoms with van der Waals surface area (Å²) < 4.78 is 2.26. The predicted molar refractivity (Wildman–Crippen MR) is 118 cm³/mol. The van der Waals surface area contributed by atoms with Gasteiger partial charge in [-0.2, -0.15) is 0 Å². The Morgan fingerprint density at radius 1 is 1.11 bits per heavy atom. The van der Waals surface area contributed by atoms with E-state index in [9.17, 15) is 4.79 Å². The number of aryl methyl sites for hydroxylation is 1. The van der Waals surface area contributed by atoms with Crippen LogP contribution >= 0.6 is 0 Å². The van der Waals surface area contributed by atoms with E-state index in [0.717, 1.165) is 13.0 Å². The van der Waals surface area contributed by atoms with Crippen molar-refractivity contribution >= 4 is 5.91 Å². The maximum absolute atomic E-state index is 13.0. The molecule has 0 saturated carbocycles. The molecule has 28 heavy (non-hydrogen) atoms. The second-order valence-corrected chi connectivity index (χ2v) is 9.81. The van der Waals surface area contributed by atoms with Crippen LogP contribution in [0.15, 0.2) is 42.6 Å². The van der Waals surface area contributed by atoms with Crippen LogP contribution in [0, 0.1) is 18.3 Å². The van der Waals surface area contributed by atoms with Gasteiger partial charge in [0.2, 0.25) is 5.91 Å². The average molecular weight is 383 g/mol. The summed E-state index contributed by atoms with van der Waals surface area (Å²) in [6, 6.07) is 13.0. The highest BCUT2D eigenvalue weighted by Gasteiger charge is 2.23. The molecule has 0 aliphatic rings. The molecule has 3 nitrogen and oxygen atoms in total. The first-order valence-electron chi connectivity index (χ1n) is 10.5. The first kappa shape index (κ1) is 22.3. The van der Waals surface area contributed by atoms with Crippen LogP contribution in [0.1, 0.15) is 71.2 Å². The fraction of sp³-hybridized carbons (Fsp3) is 0.560. The Hall–Kier alpha value is -2.03. The summed E-state index contributed by atoms with van der Waals surface area (Å²) in [7, 11) is 0. The van der Waals surface area contributed by atoms with Crippen molar-refractivity contribution in [3.05, 3.63) is 59.4 Å². The molecule has 0 radical (unpaired) electrons. The third-order valence-electron chi connectivity index (χ3n) is 5.12. The first-order valence-corrected chi connectivity index (χ1v) is 10.5. The van der Waals surface area contributed by atoms with Crippen molar-refractivity contribution in [2.24, 2.45) is 11.3 Å². The van der Waals surface area contributed by atoms with Crippen molar-refractivity contribution in [2.45, 2.75) is 80.4 Å². The van der Waals surface area contributed by atoms with E-state index in [1.807, 2.05) is 4.90 Å². The molecule has 1 aromatic heterocycles. The highest BCUT2D eigenvalue weighted by molar-refractivity contribution is 5.76. The van der Waals surface area contributed by atoms with E-state index in [2.05, 4.69) is 95.6 Å². The van der Waals surface area contributed by atoms with E-state index in [1.54, 1.807) is 0 Å². The Balaban J connectivity index is 2.08. The molecule has 0 N–H and O–H groups in total. The third kappa shape index (κ3) is 6.85. The zero-order valence-corrected chi connectivity index (χ0v) is 18.8. The first-order chi connectivity index (χ1) is 13.0. The number of benzene rings is 1. The second-order valence-electron chi connectivity index (χ2n) is 9.81. The van der Waals surface area contributed by atoms with Crippen molar-refractivity contribution in [1.82, 2.24) is 9.47 Å². The molecule has 0 fully saturated rings. The number of rotatable bonds is 8. The van der Waals surface area contributed by atoms with E-state index in [4.69, 9.17) is 0 Å². The maximum Gasteiger partial charge on any atom is 0.223 e. The van der Waals surface area contributed by atoms with Crippen molar-refractivity contribution in [2.75, 3.05) is 0 Å². The minimum absolute atomic E-state index is 0.191. The van der Waals surface area contributed by atoms with Gasteiger partial charge in [0.1, 0.15) is 0 Å². The minimum atomic E-state index is 0.191. The fourth-order valence-corrected chi connectivity index (χ4v) is 4.02. The molecule has 154 valence electrons. The number of aromatic nitrogens is 1. The topological polar surface area (TPSA) is 25.2 Å². The van der Waals surface area contributed by atoms with Crippen LogP contribution in [0.5, 0.6) is 0 Å². The lowest BCUT2D eigenvalue weighted by Crippen LogP contribution is -2.38. The molecular formula is C25H38N2O. The summed E-state index contributed by atoms with van der Waals surface area (Å²) in [5, 5.41) is 0. The summed E-state index contributed by atoms with van der Waals surface area (Å²) in [6.07, 6.45) is 3.80. The largest absolute Gasteiger partial charge is 0.345 e. The molecule has 0 aliphatic heterocycles. The molecule has 1 amide bonds. The van der Waals surface area contributed by atoms with Crippen LogP contribution in [0.2, 0.25) is 0 Å². The zero-order chi connectivity index (χ0) is 20.9. The minimum Gasteiger partial charge on any atom is -0.345 e. The number of carbonyl (C=O) groups is 1. The Labute approximate surface area is 171 Å². The van der Waals surface area contributed by atoms with Crippen molar-refractivity contribution in [1.29, 1.82) is 0 Å². The maximum atomic E-state index is 13.0. The van der Waals surface area contributed by atoms with E-state index in [0.29, 0.717) is 18.9 Å². The zero-order valence-electron chi connectivity index (χ0n) is 18.8. The highest BCUT2D eigenvalue weighted by Crippen LogP contribution is 2.27. The van der Waals surface area contributed by atoms with Gasteiger partial charge in [-0.05, 0) is 56.2 Å². The van der Waals surface area contributed by atoms with Gasteiger partial charge < -0.3 is 9.47 Å². The van der Waals surface area contributed by atoms with E-state index >= 15 is 0 Å². The molecule has 0 unspecified atom stereocenters. The molecule has 1 aromatic carbocycles. The Morgan fingerprint density at radius 3 is 2.43 bits per heavy atom. The molecule has 1 heterocycles. The summed E-state index contributed by atoms with van der Waals surface area (Å²) in [5.74, 6) is 0.655. The smallest absolute Gasteiger partial charge is 0.223 e. The Bertz CT molecular complexity index is 767. The van der Waals surface area contributed by atoms with Crippen LogP contribution in [-0.4, -0.2) is 21.4 Å². The van der Waals surface area contributed by atoms with Gasteiger partial charge in [-0.1, -0.05) is 57.5 Å². The van der Waals surface area contributed by atoms with Gasteiger partial charge in [-0.3, -0.25) is 4.79 Å². The van der Waals surface area contributed by atoms with Crippen LogP contribution in [0.3, 0.4) is 0 Å². The fourth-order valence-electron chi connectivity index (χ4n) is 4.02. The Kier molecular flexibility index (Phi) is 7.51. The quantitative estimate of drug-likeness (QED) is 0.546. The predicted octanol–water partition coefficient (Wildman–Crippen LogP) is 6.04. The summed E-state index contributed by atoms with van der Waals surface area (Å²) >= 11 is 0. The summed E-state index contributed by atoms with van der Waals surface area (Å²) in [6.45, 7) is 16.8. The summed E-state index contributed by atoms with van der Waals surface area (Å²) in [4.78, 5) is 15.1. The van der Waals surface area contributed by atoms with Gasteiger partial charge in [0, 0.05) is 30.9 Å². The van der Waals surface area contributed by atoms with Gasteiger partial charge in [0.15, 0.2) is 0 Å². The molecule has 3 heteroatoms. The van der Waals surface area contributed by atoms with Gasteiger partial charge >= 0.3 is 0 Å². The summed E-state index contributed by atoms with van der Waals surface area (Å²) in [5.41, 5.74) is 4.01. The lowest BCUT2D eigenvalue weighted by Gasteiger charge is -2.30. The van der Waals surface area contributed by atoms with Crippen molar-refractivity contribution in [3.8, 4) is 0 Å². The number of carbonyl (C=O) groups excluding carboxylic acids is 1. The van der Waals surface area contributed by atoms with Crippen LogP contribution < -0.4 is 0 Å². The second kappa shape index (κ2) is 9.45. The third-order valence-corrected chi connectivity index (χ3v) is 5.12. The standard InChI is InChI=1S/C25H38N2O/c1-19(2)27(24(28)15-21(4)16-25(5,6)7)18-23-12-9-13-26(23)17-22-11-8-10-20(3)14-22/h8-14,19,21H,15-18H2,1-7H3/t21-/m0/s1. The molecule has 1 atom stereocenters. The molecule has 0 bridgehead atoms. The van der Waals surface area contributed by atoms with Crippen LogP contribution in [0.25, 0.3) is 0 Å². The van der Waals surface area contributed by atoms with E-state index in [-0.39, 0.29) is 17.4 Å². The number of amides is 1. The van der Waals surface area contributed by atoms with Crippen LogP contribution in [0.4, 0.5) is 0 Å². The molecule has 2 aromatic rings. The molecule has 2 rings (SSSR count). The normalized spacial score (nSPS) is 13.0. The lowest BCUT2D eigenvalue weighted by atomic mass is 9.84. The average Bonchev–Trinajstić information content (AvgIpc) is 2.97. The van der Waals surface area contributed by atoms with Crippen molar-refractivity contribution in [3.63, 3.8) is 0 Å². The van der Waals surface area contributed by atoms with Gasteiger partial charge in [0.05, 0.1) is 6.54 Å². The molecule has 0 aliphatic carbocycles. The van der Waals surface area contributed by atoms with Gasteiger partial charge in [-0.15, -0.1) is 0 Å². The van der Waals surface area contributed by atoms with Gasteiger partial charge in [0.25, 0.3) is 0 Å². The molecule has 0 saturated heterocycles. The van der Waals surface area contributed by atoms with Crippen LogP contribution in [-0.2, 0) is 17.9 Å². The van der Waals surface area contributed by atoms with E-state index < -0.39 is 0 Å². The molecule has 0 spiro atoms. The number of nitrogens with zero attached hydrogens (tertiary/aromatic N) is 2. The highest BCUT2D eigenvalue weighted by atomic mass is 16.2. The van der Waals surface area contributed by atoms with Crippen molar-refractivity contribution < 1.29 is 4.79 Å². The SMILES string of the molecule is Cc1cccc(Cn2cccc2CN(C(=O)C[C@H](C)CC(C)(C)C)C(C)C)c1. The number of hydrogen-bond donors (Lipinski definition) is 0. The van der Waals surface area contributed by atoms with Gasteiger partial charge in [-0.25, -0.2) is 0 Å². The Morgan fingerprint density at radius 2 is 1.82 bits per heavy atom.